The maximum Gasteiger partial charge on any atom is 0.240 e. The molecule has 3 aromatic rings. The fourth-order valence-electron chi connectivity index (χ4n) is 2.87. The highest BCUT2D eigenvalue weighted by Crippen LogP contribution is 2.10. The van der Waals surface area contributed by atoms with Gasteiger partial charge in [0.25, 0.3) is 0 Å². The number of furan rings is 1. The number of carbonyl (C=O) groups excluding carboxylic acids is 1. The second-order valence-electron chi connectivity index (χ2n) is 6.54. The van der Waals surface area contributed by atoms with Gasteiger partial charge in [-0.2, -0.15) is 0 Å². The second-order valence-corrected chi connectivity index (χ2v) is 6.54. The fraction of sp³-hybridized carbons (Fsp3) is 0.300. The molecule has 0 aliphatic rings. The van der Waals surface area contributed by atoms with E-state index in [4.69, 9.17) is 10.2 Å². The lowest BCUT2D eigenvalue weighted by atomic mass is 10.1. The lowest BCUT2D eigenvalue weighted by molar-refractivity contribution is -0.132. The van der Waals surface area contributed by atoms with Gasteiger partial charge in [-0.15, -0.1) is 0 Å². The summed E-state index contributed by atoms with van der Waals surface area (Å²) < 4.78 is 7.51. The van der Waals surface area contributed by atoms with Crippen molar-refractivity contribution in [2.24, 2.45) is 5.73 Å². The molecule has 0 radical (unpaired) electrons. The van der Waals surface area contributed by atoms with Gasteiger partial charge in [0.1, 0.15) is 11.5 Å². The van der Waals surface area contributed by atoms with Crippen LogP contribution in [0.3, 0.4) is 0 Å². The van der Waals surface area contributed by atoms with Gasteiger partial charge in [-0.25, -0.2) is 4.98 Å². The van der Waals surface area contributed by atoms with Gasteiger partial charge in [0.15, 0.2) is 0 Å². The molecule has 0 aliphatic heterocycles. The monoisotopic (exact) mass is 352 g/mol. The molecule has 1 atom stereocenters. The average molecular weight is 352 g/mol. The summed E-state index contributed by atoms with van der Waals surface area (Å²) in [6, 6.07) is 13.3. The summed E-state index contributed by atoms with van der Waals surface area (Å²) in [5.41, 5.74) is 8.11. The zero-order chi connectivity index (χ0) is 18.5. The predicted octanol–water partition coefficient (Wildman–Crippen LogP) is 2.36. The van der Waals surface area contributed by atoms with E-state index >= 15 is 0 Å². The molecule has 2 N–H and O–H groups in total. The van der Waals surface area contributed by atoms with Crippen LogP contribution in [-0.2, 0) is 24.3 Å². The summed E-state index contributed by atoms with van der Waals surface area (Å²) in [5.74, 6) is 1.45. The van der Waals surface area contributed by atoms with Gasteiger partial charge in [-0.1, -0.05) is 30.3 Å². The van der Waals surface area contributed by atoms with Crippen LogP contribution in [0.15, 0.2) is 59.4 Å². The highest BCUT2D eigenvalue weighted by atomic mass is 16.3. The molecule has 26 heavy (non-hydrogen) atoms. The summed E-state index contributed by atoms with van der Waals surface area (Å²) >= 11 is 0. The maximum atomic E-state index is 12.5. The lowest BCUT2D eigenvalue weighted by Gasteiger charge is -2.19. The number of nitrogens with two attached hydrogens (primary N) is 1. The third-order valence-corrected chi connectivity index (χ3v) is 4.21. The Balaban J connectivity index is 1.55. The molecule has 3 rings (SSSR count). The first-order valence-electron chi connectivity index (χ1n) is 8.61. The Morgan fingerprint density at radius 2 is 2.04 bits per heavy atom. The predicted molar refractivity (Wildman–Crippen MR) is 99.4 cm³/mol. The van der Waals surface area contributed by atoms with Gasteiger partial charge in [-0.3, -0.25) is 4.79 Å². The first-order chi connectivity index (χ1) is 12.5. The number of nitrogens with zero attached hydrogens (tertiary/aromatic N) is 3. The van der Waals surface area contributed by atoms with E-state index in [1.165, 1.54) is 5.56 Å². The summed E-state index contributed by atoms with van der Waals surface area (Å²) in [6.07, 6.45) is 4.12. The molecule has 136 valence electrons. The normalized spacial score (nSPS) is 12.1. The molecule has 2 heterocycles. The molecule has 6 heteroatoms. The SMILES string of the molecule is Cc1ccc(CN(C)C(=O)[C@@H](N)Cc2cn(Cc3ccccc3)cn2)o1. The third kappa shape index (κ3) is 4.61. The van der Waals surface area contributed by atoms with E-state index < -0.39 is 6.04 Å². The zero-order valence-electron chi connectivity index (χ0n) is 15.1. The number of rotatable bonds is 7. The average Bonchev–Trinajstić information content (AvgIpc) is 3.23. The van der Waals surface area contributed by atoms with Crippen molar-refractivity contribution in [1.29, 1.82) is 0 Å². The van der Waals surface area contributed by atoms with Gasteiger partial charge < -0.3 is 19.6 Å². The van der Waals surface area contributed by atoms with Crippen molar-refractivity contribution >= 4 is 5.91 Å². The van der Waals surface area contributed by atoms with E-state index in [2.05, 4.69) is 17.1 Å². The minimum atomic E-state index is -0.629. The molecule has 0 saturated carbocycles. The molecule has 0 unspecified atom stereocenters. The maximum absolute atomic E-state index is 12.5. The number of carbonyl (C=O) groups is 1. The van der Waals surface area contributed by atoms with Crippen LogP contribution >= 0.6 is 0 Å². The second kappa shape index (κ2) is 8.01. The zero-order valence-corrected chi connectivity index (χ0v) is 15.1. The van der Waals surface area contributed by atoms with E-state index in [1.807, 2.05) is 48.0 Å². The largest absolute Gasteiger partial charge is 0.464 e. The number of benzene rings is 1. The minimum Gasteiger partial charge on any atom is -0.464 e. The standard InChI is InChI=1S/C20H24N4O2/c1-15-8-9-18(26-15)13-23(2)20(25)19(21)10-17-12-24(14-22-17)11-16-6-4-3-5-7-16/h3-9,12,14,19H,10-11,13,21H2,1-2H3/t19-/m0/s1. The fourth-order valence-corrected chi connectivity index (χ4v) is 2.87. The Morgan fingerprint density at radius 1 is 1.27 bits per heavy atom. The van der Waals surface area contributed by atoms with Crippen molar-refractivity contribution in [2.75, 3.05) is 7.05 Å². The number of amides is 1. The molecule has 2 aromatic heterocycles. The Hall–Kier alpha value is -2.86. The number of imidazole rings is 1. The summed E-state index contributed by atoms with van der Waals surface area (Å²) in [5, 5.41) is 0. The molecule has 1 amide bonds. The van der Waals surface area contributed by atoms with Crippen LogP contribution in [0.5, 0.6) is 0 Å². The summed E-state index contributed by atoms with van der Waals surface area (Å²) in [6.45, 7) is 3.03. The van der Waals surface area contributed by atoms with Crippen LogP contribution in [-0.4, -0.2) is 33.4 Å². The molecule has 1 aromatic carbocycles. The van der Waals surface area contributed by atoms with Crippen molar-refractivity contribution in [3.63, 3.8) is 0 Å². The van der Waals surface area contributed by atoms with Gasteiger partial charge in [0, 0.05) is 26.2 Å². The first kappa shape index (κ1) is 17.9. The van der Waals surface area contributed by atoms with Crippen molar-refractivity contribution < 1.29 is 9.21 Å². The van der Waals surface area contributed by atoms with Crippen LogP contribution in [0.25, 0.3) is 0 Å². The molecule has 6 nitrogen and oxygen atoms in total. The molecule has 0 bridgehead atoms. The Labute approximate surface area is 153 Å². The molecule has 0 spiro atoms. The summed E-state index contributed by atoms with van der Waals surface area (Å²) in [7, 11) is 1.73. The van der Waals surface area contributed by atoms with E-state index in [1.54, 1.807) is 18.3 Å². The Bertz CT molecular complexity index is 854. The van der Waals surface area contributed by atoms with E-state index in [9.17, 15) is 4.79 Å². The smallest absolute Gasteiger partial charge is 0.240 e. The van der Waals surface area contributed by atoms with E-state index in [-0.39, 0.29) is 5.91 Å². The number of hydrogen-bond acceptors (Lipinski definition) is 4. The Morgan fingerprint density at radius 3 is 2.73 bits per heavy atom. The Kier molecular flexibility index (Phi) is 5.53. The van der Waals surface area contributed by atoms with Gasteiger partial charge in [-0.05, 0) is 24.6 Å². The van der Waals surface area contributed by atoms with Crippen LogP contribution < -0.4 is 5.73 Å². The highest BCUT2D eigenvalue weighted by molar-refractivity contribution is 5.81. The van der Waals surface area contributed by atoms with Crippen LogP contribution in [0, 0.1) is 6.92 Å². The first-order valence-corrected chi connectivity index (χ1v) is 8.61. The quantitative estimate of drug-likeness (QED) is 0.708. The van der Waals surface area contributed by atoms with Crippen LogP contribution in [0.1, 0.15) is 22.8 Å². The molecule has 0 fully saturated rings. The van der Waals surface area contributed by atoms with Crippen molar-refractivity contribution in [1.82, 2.24) is 14.5 Å². The summed E-state index contributed by atoms with van der Waals surface area (Å²) in [4.78, 5) is 18.4. The molecule has 0 aliphatic carbocycles. The molecular weight excluding hydrogens is 328 g/mol. The van der Waals surface area contributed by atoms with Crippen LogP contribution in [0.4, 0.5) is 0 Å². The minimum absolute atomic E-state index is 0.128. The topological polar surface area (TPSA) is 77.3 Å². The van der Waals surface area contributed by atoms with Crippen molar-refractivity contribution in [3.8, 4) is 0 Å². The number of hydrogen-bond donors (Lipinski definition) is 1. The van der Waals surface area contributed by atoms with Gasteiger partial charge in [0.2, 0.25) is 5.91 Å². The van der Waals surface area contributed by atoms with Crippen molar-refractivity contribution in [2.45, 2.75) is 32.5 Å². The van der Waals surface area contributed by atoms with Crippen molar-refractivity contribution in [3.05, 3.63) is 77.8 Å². The van der Waals surface area contributed by atoms with Gasteiger partial charge >= 0.3 is 0 Å². The highest BCUT2D eigenvalue weighted by Gasteiger charge is 2.20. The van der Waals surface area contributed by atoms with E-state index in [0.717, 1.165) is 23.8 Å². The number of likely N-dealkylation sites (N-methyl/N-ethyl adjacent to an activating group) is 1. The third-order valence-electron chi connectivity index (χ3n) is 4.21. The van der Waals surface area contributed by atoms with Gasteiger partial charge in [0.05, 0.1) is 24.6 Å². The number of aryl methyl sites for hydroxylation is 1. The molecular formula is C20H24N4O2. The molecule has 0 saturated heterocycles. The van der Waals surface area contributed by atoms with E-state index in [0.29, 0.717) is 13.0 Å². The van der Waals surface area contributed by atoms with Crippen LogP contribution in [0.2, 0.25) is 0 Å². The lowest BCUT2D eigenvalue weighted by Crippen LogP contribution is -2.42. The number of aromatic nitrogens is 2.